The van der Waals surface area contributed by atoms with E-state index >= 15 is 0 Å². The summed E-state index contributed by atoms with van der Waals surface area (Å²) in [5, 5.41) is 7.99. The number of nitrogens with one attached hydrogen (secondary N) is 1. The number of hydrogen-bond donors (Lipinski definition) is 1. The number of hydrogen-bond acceptors (Lipinski definition) is 5. The van der Waals surface area contributed by atoms with E-state index in [1.165, 1.54) is 4.88 Å². The third-order valence-electron chi connectivity index (χ3n) is 3.95. The molecule has 26 heavy (non-hydrogen) atoms. The van der Waals surface area contributed by atoms with Crippen LogP contribution in [0.4, 0.5) is 0 Å². The Morgan fingerprint density at radius 2 is 2.12 bits per heavy atom. The monoisotopic (exact) mass is 449 g/mol. The Hall–Kier alpha value is -1.54. The van der Waals surface area contributed by atoms with Gasteiger partial charge >= 0.3 is 0 Å². The van der Waals surface area contributed by atoms with Gasteiger partial charge < -0.3 is 10.2 Å². The summed E-state index contributed by atoms with van der Waals surface area (Å²) in [6, 6.07) is 12.4. The van der Waals surface area contributed by atoms with Crippen LogP contribution in [0, 0.1) is 0 Å². The average Bonchev–Trinajstić information content (AvgIpc) is 3.27. The van der Waals surface area contributed by atoms with Gasteiger partial charge in [-0.15, -0.1) is 22.7 Å². The molecule has 2 aromatic heterocycles. The van der Waals surface area contributed by atoms with Crippen LogP contribution in [0.15, 0.2) is 51.6 Å². The maximum absolute atomic E-state index is 12.3. The number of rotatable bonds is 7. The largest absolute Gasteiger partial charge is 0.354 e. The highest BCUT2D eigenvalue weighted by Crippen LogP contribution is 2.26. The van der Waals surface area contributed by atoms with Gasteiger partial charge in [0.25, 0.3) is 0 Å². The van der Waals surface area contributed by atoms with Crippen molar-refractivity contribution in [2.45, 2.75) is 12.5 Å². The Morgan fingerprint density at radius 1 is 1.27 bits per heavy atom. The Balaban J connectivity index is 1.58. The molecule has 0 saturated heterocycles. The fraction of sp³-hybridized carbons (Fsp3) is 0.263. The topological polar surface area (TPSA) is 45.2 Å². The highest BCUT2D eigenvalue weighted by Gasteiger charge is 2.17. The van der Waals surface area contributed by atoms with Gasteiger partial charge in [0.2, 0.25) is 5.91 Å². The molecule has 1 N–H and O–H groups in total. The summed E-state index contributed by atoms with van der Waals surface area (Å²) in [4.78, 5) is 20.3. The molecule has 1 unspecified atom stereocenters. The van der Waals surface area contributed by atoms with Crippen LogP contribution < -0.4 is 5.32 Å². The van der Waals surface area contributed by atoms with Crippen molar-refractivity contribution in [3.8, 4) is 10.6 Å². The second-order valence-electron chi connectivity index (χ2n) is 6.13. The quantitative estimate of drug-likeness (QED) is 0.573. The van der Waals surface area contributed by atoms with Crippen LogP contribution in [-0.2, 0) is 11.2 Å². The minimum Gasteiger partial charge on any atom is -0.354 e. The molecule has 0 bridgehead atoms. The predicted molar refractivity (Wildman–Crippen MR) is 113 cm³/mol. The van der Waals surface area contributed by atoms with E-state index in [0.29, 0.717) is 13.0 Å². The zero-order chi connectivity index (χ0) is 18.5. The van der Waals surface area contributed by atoms with E-state index < -0.39 is 0 Å². The molecule has 0 aliphatic heterocycles. The van der Waals surface area contributed by atoms with E-state index in [0.717, 1.165) is 20.7 Å². The number of carbonyl (C=O) groups is 1. The Morgan fingerprint density at radius 3 is 2.81 bits per heavy atom. The second kappa shape index (κ2) is 8.90. The average molecular weight is 450 g/mol. The normalized spacial score (nSPS) is 12.3. The van der Waals surface area contributed by atoms with Gasteiger partial charge in [0.05, 0.1) is 18.2 Å². The van der Waals surface area contributed by atoms with E-state index in [-0.39, 0.29) is 11.9 Å². The van der Waals surface area contributed by atoms with Gasteiger partial charge in [-0.2, -0.15) is 0 Å². The van der Waals surface area contributed by atoms with Crippen LogP contribution in [0.5, 0.6) is 0 Å². The number of benzene rings is 1. The number of aromatic nitrogens is 1. The molecule has 0 aliphatic rings. The molecule has 4 nitrogen and oxygen atoms in total. The number of thiophene rings is 1. The first-order valence-corrected chi connectivity index (χ1v) is 10.7. The summed E-state index contributed by atoms with van der Waals surface area (Å²) in [6.07, 6.45) is 0.301. The van der Waals surface area contributed by atoms with E-state index in [2.05, 4.69) is 42.6 Å². The molecule has 3 rings (SSSR count). The minimum atomic E-state index is -0.000464. The molecule has 1 aromatic carbocycles. The second-order valence-corrected chi connectivity index (χ2v) is 8.88. The summed E-state index contributed by atoms with van der Waals surface area (Å²) in [6.45, 7) is 0.592. The van der Waals surface area contributed by atoms with Crippen molar-refractivity contribution in [2.75, 3.05) is 20.6 Å². The van der Waals surface area contributed by atoms with E-state index in [4.69, 9.17) is 0 Å². The number of likely N-dealkylation sites (N-methyl/N-ethyl adjacent to an activating group) is 1. The third-order valence-corrected chi connectivity index (χ3v) is 6.36. The van der Waals surface area contributed by atoms with Crippen molar-refractivity contribution in [3.05, 3.63) is 62.2 Å². The van der Waals surface area contributed by atoms with Crippen LogP contribution in [-0.4, -0.2) is 36.4 Å². The lowest BCUT2D eigenvalue weighted by Gasteiger charge is -2.23. The molecule has 1 amide bonds. The zero-order valence-corrected chi connectivity index (χ0v) is 17.8. The highest BCUT2D eigenvalue weighted by atomic mass is 79.9. The fourth-order valence-electron chi connectivity index (χ4n) is 2.60. The maximum Gasteiger partial charge on any atom is 0.226 e. The molecule has 136 valence electrons. The van der Waals surface area contributed by atoms with Crippen LogP contribution in [0.2, 0.25) is 0 Å². The summed E-state index contributed by atoms with van der Waals surface area (Å²) in [7, 11) is 4.06. The molecule has 0 fully saturated rings. The van der Waals surface area contributed by atoms with E-state index in [1.807, 2.05) is 49.8 Å². The molecule has 2 heterocycles. The summed E-state index contributed by atoms with van der Waals surface area (Å²) in [5.74, 6) is -0.000464. The van der Waals surface area contributed by atoms with Crippen LogP contribution in [0.25, 0.3) is 10.6 Å². The molecular weight excluding hydrogens is 430 g/mol. The lowest BCUT2D eigenvalue weighted by atomic mass is 10.2. The van der Waals surface area contributed by atoms with Gasteiger partial charge in [-0.1, -0.05) is 34.1 Å². The molecule has 1 atom stereocenters. The third kappa shape index (κ3) is 5.01. The zero-order valence-electron chi connectivity index (χ0n) is 14.6. The SMILES string of the molecule is CN(C)C(CNC(=O)Cc1csc(-c2cccc(Br)c2)n1)c1cccs1. The smallest absolute Gasteiger partial charge is 0.226 e. The summed E-state index contributed by atoms with van der Waals surface area (Å²) in [5.41, 5.74) is 1.86. The van der Waals surface area contributed by atoms with Crippen molar-refractivity contribution in [2.24, 2.45) is 0 Å². The van der Waals surface area contributed by atoms with Crippen molar-refractivity contribution >= 4 is 44.5 Å². The molecule has 0 aliphatic carbocycles. The first-order valence-electron chi connectivity index (χ1n) is 8.20. The van der Waals surface area contributed by atoms with Gasteiger partial charge in [-0.05, 0) is 37.7 Å². The van der Waals surface area contributed by atoms with Crippen LogP contribution in [0.3, 0.4) is 0 Å². The molecular formula is C19H20BrN3OS2. The minimum absolute atomic E-state index is 0.000464. The number of carbonyl (C=O) groups excluding carboxylic acids is 1. The molecule has 3 aromatic rings. The Bertz CT molecular complexity index is 861. The lowest BCUT2D eigenvalue weighted by Crippen LogP contribution is -2.34. The van der Waals surface area contributed by atoms with Gasteiger partial charge in [0.15, 0.2) is 0 Å². The summed E-state index contributed by atoms with van der Waals surface area (Å²) < 4.78 is 1.02. The number of halogens is 1. The van der Waals surface area contributed by atoms with E-state index in [1.54, 1.807) is 22.7 Å². The van der Waals surface area contributed by atoms with Crippen molar-refractivity contribution in [1.29, 1.82) is 0 Å². The van der Waals surface area contributed by atoms with Gasteiger partial charge in [0, 0.05) is 26.8 Å². The lowest BCUT2D eigenvalue weighted by molar-refractivity contribution is -0.120. The molecule has 0 radical (unpaired) electrons. The fourth-order valence-corrected chi connectivity index (χ4v) is 4.74. The first-order chi connectivity index (χ1) is 12.5. The molecule has 7 heteroatoms. The van der Waals surface area contributed by atoms with Crippen molar-refractivity contribution < 1.29 is 4.79 Å². The van der Waals surface area contributed by atoms with Gasteiger partial charge in [-0.3, -0.25) is 4.79 Å². The number of thiazole rings is 1. The first kappa shape index (κ1) is 19.2. The van der Waals surface area contributed by atoms with Crippen LogP contribution in [0.1, 0.15) is 16.6 Å². The number of amides is 1. The molecule has 0 saturated carbocycles. The standard InChI is InChI=1S/C19H20BrN3OS2/c1-23(2)16(17-7-4-8-25-17)11-21-18(24)10-15-12-26-19(22-15)13-5-3-6-14(20)9-13/h3-9,12,16H,10-11H2,1-2H3,(H,21,24). The van der Waals surface area contributed by atoms with Gasteiger partial charge in [0.1, 0.15) is 5.01 Å². The highest BCUT2D eigenvalue weighted by molar-refractivity contribution is 9.10. The summed E-state index contributed by atoms with van der Waals surface area (Å²) >= 11 is 6.75. The Kier molecular flexibility index (Phi) is 6.58. The number of nitrogens with zero attached hydrogens (tertiary/aromatic N) is 2. The molecule has 0 spiro atoms. The maximum atomic E-state index is 12.3. The van der Waals surface area contributed by atoms with Gasteiger partial charge in [-0.25, -0.2) is 4.98 Å². The van der Waals surface area contributed by atoms with E-state index in [9.17, 15) is 4.79 Å². The Labute approximate surface area is 170 Å². The van der Waals surface area contributed by atoms with Crippen molar-refractivity contribution in [3.63, 3.8) is 0 Å². The predicted octanol–water partition coefficient (Wildman–Crippen LogP) is 4.60. The van der Waals surface area contributed by atoms with Crippen LogP contribution >= 0.6 is 38.6 Å². The van der Waals surface area contributed by atoms with Crippen molar-refractivity contribution in [1.82, 2.24) is 15.2 Å².